The standard InChI is InChI=1S/C16H20N2O2/c1-11-5-6-12-3-2-4-15(16(12)18-11)20-10-14(17)13-7-8-19-9-13/h2-6,13-14H,7-10,17H2,1H3. The molecule has 2 N–H and O–H groups in total. The van der Waals surface area contributed by atoms with Crippen LogP contribution in [0.2, 0.25) is 0 Å². The fourth-order valence-corrected chi connectivity index (χ4v) is 2.55. The molecule has 2 aromatic rings. The van der Waals surface area contributed by atoms with Crippen LogP contribution in [0.1, 0.15) is 12.1 Å². The van der Waals surface area contributed by atoms with E-state index in [2.05, 4.69) is 11.1 Å². The molecule has 1 aliphatic rings. The van der Waals surface area contributed by atoms with Crippen LogP contribution < -0.4 is 10.5 Å². The first kappa shape index (κ1) is 13.3. The van der Waals surface area contributed by atoms with Crippen LogP contribution in [0.15, 0.2) is 30.3 Å². The zero-order valence-corrected chi connectivity index (χ0v) is 11.7. The lowest BCUT2D eigenvalue weighted by atomic mass is 10.0. The van der Waals surface area contributed by atoms with Gasteiger partial charge in [-0.05, 0) is 25.5 Å². The number of rotatable bonds is 4. The Morgan fingerprint density at radius 3 is 3.10 bits per heavy atom. The molecule has 2 atom stereocenters. The molecule has 4 heteroatoms. The second-order valence-corrected chi connectivity index (χ2v) is 5.38. The molecule has 0 radical (unpaired) electrons. The van der Waals surface area contributed by atoms with Crippen molar-refractivity contribution in [1.29, 1.82) is 0 Å². The van der Waals surface area contributed by atoms with Crippen LogP contribution in [0.25, 0.3) is 10.9 Å². The Balaban J connectivity index is 1.75. The van der Waals surface area contributed by atoms with Crippen LogP contribution >= 0.6 is 0 Å². The van der Waals surface area contributed by atoms with E-state index in [1.54, 1.807) is 0 Å². The van der Waals surface area contributed by atoms with Gasteiger partial charge in [-0.25, -0.2) is 4.98 Å². The molecule has 0 amide bonds. The van der Waals surface area contributed by atoms with E-state index in [1.807, 2.05) is 31.2 Å². The van der Waals surface area contributed by atoms with Crippen LogP contribution in [-0.2, 0) is 4.74 Å². The normalized spacial score (nSPS) is 20.2. The largest absolute Gasteiger partial charge is 0.490 e. The van der Waals surface area contributed by atoms with Crippen molar-refractivity contribution < 1.29 is 9.47 Å². The average molecular weight is 272 g/mol. The molecule has 2 unspecified atom stereocenters. The fourth-order valence-electron chi connectivity index (χ4n) is 2.55. The molecule has 106 valence electrons. The number of hydrogen-bond acceptors (Lipinski definition) is 4. The first-order valence-corrected chi connectivity index (χ1v) is 7.06. The van der Waals surface area contributed by atoms with E-state index in [-0.39, 0.29) is 6.04 Å². The van der Waals surface area contributed by atoms with Gasteiger partial charge in [0.25, 0.3) is 0 Å². The van der Waals surface area contributed by atoms with E-state index in [9.17, 15) is 0 Å². The second-order valence-electron chi connectivity index (χ2n) is 5.38. The number of para-hydroxylation sites is 1. The van der Waals surface area contributed by atoms with Gasteiger partial charge in [0.2, 0.25) is 0 Å². The first-order valence-electron chi connectivity index (χ1n) is 7.06. The van der Waals surface area contributed by atoms with Gasteiger partial charge in [-0.15, -0.1) is 0 Å². The van der Waals surface area contributed by atoms with Crippen molar-refractivity contribution in [2.24, 2.45) is 11.7 Å². The summed E-state index contributed by atoms with van der Waals surface area (Å²) < 4.78 is 11.3. The summed E-state index contributed by atoms with van der Waals surface area (Å²) in [4.78, 5) is 4.56. The van der Waals surface area contributed by atoms with Crippen molar-refractivity contribution in [2.75, 3.05) is 19.8 Å². The third kappa shape index (κ3) is 2.76. The van der Waals surface area contributed by atoms with Gasteiger partial charge in [-0.1, -0.05) is 18.2 Å². The molecule has 0 saturated carbocycles. The minimum absolute atomic E-state index is 0.0116. The molecule has 0 bridgehead atoms. The minimum Gasteiger partial charge on any atom is -0.490 e. The predicted octanol–water partition coefficient (Wildman–Crippen LogP) is 2.29. The monoisotopic (exact) mass is 272 g/mol. The smallest absolute Gasteiger partial charge is 0.145 e. The highest BCUT2D eigenvalue weighted by Gasteiger charge is 2.23. The van der Waals surface area contributed by atoms with Crippen molar-refractivity contribution in [3.63, 3.8) is 0 Å². The summed E-state index contributed by atoms with van der Waals surface area (Å²) in [7, 11) is 0. The SMILES string of the molecule is Cc1ccc2cccc(OCC(N)C3CCOC3)c2n1. The van der Waals surface area contributed by atoms with E-state index >= 15 is 0 Å². The molecule has 1 aromatic carbocycles. The summed E-state index contributed by atoms with van der Waals surface area (Å²) in [6.07, 6.45) is 1.03. The van der Waals surface area contributed by atoms with Crippen LogP contribution in [0.4, 0.5) is 0 Å². The molecule has 20 heavy (non-hydrogen) atoms. The summed E-state index contributed by atoms with van der Waals surface area (Å²) in [5, 5.41) is 1.09. The number of nitrogens with two attached hydrogens (primary N) is 1. The van der Waals surface area contributed by atoms with Gasteiger partial charge in [-0.3, -0.25) is 0 Å². The third-order valence-electron chi connectivity index (χ3n) is 3.82. The number of aryl methyl sites for hydroxylation is 1. The maximum atomic E-state index is 6.18. The summed E-state index contributed by atoms with van der Waals surface area (Å²) in [5.74, 6) is 1.21. The van der Waals surface area contributed by atoms with Gasteiger partial charge in [0, 0.05) is 29.6 Å². The molecule has 2 heterocycles. The number of pyridine rings is 1. The molecule has 1 aliphatic heterocycles. The van der Waals surface area contributed by atoms with Gasteiger partial charge in [0.1, 0.15) is 17.9 Å². The Morgan fingerprint density at radius 1 is 1.40 bits per heavy atom. The van der Waals surface area contributed by atoms with Crippen LogP contribution in [0.3, 0.4) is 0 Å². The summed E-state index contributed by atoms with van der Waals surface area (Å²) in [6.45, 7) is 4.05. The highest BCUT2D eigenvalue weighted by Crippen LogP contribution is 2.24. The molecule has 0 aliphatic carbocycles. The van der Waals surface area contributed by atoms with Gasteiger partial charge >= 0.3 is 0 Å². The van der Waals surface area contributed by atoms with Crippen molar-refractivity contribution in [1.82, 2.24) is 4.98 Å². The summed E-state index contributed by atoms with van der Waals surface area (Å²) in [6, 6.07) is 10.1. The van der Waals surface area contributed by atoms with Crippen molar-refractivity contribution >= 4 is 10.9 Å². The van der Waals surface area contributed by atoms with Gasteiger partial charge < -0.3 is 15.2 Å². The highest BCUT2D eigenvalue weighted by molar-refractivity contribution is 5.84. The zero-order valence-electron chi connectivity index (χ0n) is 11.7. The quantitative estimate of drug-likeness (QED) is 0.927. The average Bonchev–Trinajstić information content (AvgIpc) is 2.99. The van der Waals surface area contributed by atoms with Crippen molar-refractivity contribution in [3.05, 3.63) is 36.0 Å². The zero-order chi connectivity index (χ0) is 13.9. The Bertz CT molecular complexity index is 594. The topological polar surface area (TPSA) is 57.4 Å². The molecule has 1 saturated heterocycles. The Hall–Kier alpha value is -1.65. The predicted molar refractivity (Wildman–Crippen MR) is 78.9 cm³/mol. The Labute approximate surface area is 118 Å². The Morgan fingerprint density at radius 2 is 2.30 bits per heavy atom. The van der Waals surface area contributed by atoms with E-state index in [4.69, 9.17) is 15.2 Å². The Kier molecular flexibility index (Phi) is 3.85. The number of fused-ring (bicyclic) bond motifs is 1. The highest BCUT2D eigenvalue weighted by atomic mass is 16.5. The number of nitrogens with zero attached hydrogens (tertiary/aromatic N) is 1. The van der Waals surface area contributed by atoms with E-state index in [1.165, 1.54) is 0 Å². The van der Waals surface area contributed by atoms with Gasteiger partial charge in [0.05, 0.1) is 6.61 Å². The maximum absolute atomic E-state index is 6.18. The molecule has 1 aromatic heterocycles. The van der Waals surface area contributed by atoms with Crippen molar-refractivity contribution in [3.8, 4) is 5.75 Å². The first-order chi connectivity index (χ1) is 9.74. The summed E-state index contributed by atoms with van der Waals surface area (Å²) >= 11 is 0. The molecule has 3 rings (SSSR count). The maximum Gasteiger partial charge on any atom is 0.145 e. The van der Waals surface area contributed by atoms with Gasteiger partial charge in [0.15, 0.2) is 0 Å². The molecular formula is C16H20N2O2. The number of ether oxygens (including phenoxy) is 2. The summed E-state index contributed by atoms with van der Waals surface area (Å²) in [5.41, 5.74) is 8.07. The lowest BCUT2D eigenvalue weighted by Crippen LogP contribution is -2.36. The second kappa shape index (κ2) is 5.77. The van der Waals surface area contributed by atoms with Crippen LogP contribution in [-0.4, -0.2) is 30.8 Å². The van der Waals surface area contributed by atoms with Crippen LogP contribution in [0.5, 0.6) is 5.75 Å². The van der Waals surface area contributed by atoms with Crippen molar-refractivity contribution in [2.45, 2.75) is 19.4 Å². The lowest BCUT2D eigenvalue weighted by Gasteiger charge is -2.18. The van der Waals surface area contributed by atoms with Crippen LogP contribution in [0, 0.1) is 12.8 Å². The van der Waals surface area contributed by atoms with Gasteiger partial charge in [-0.2, -0.15) is 0 Å². The molecule has 0 spiro atoms. The lowest BCUT2D eigenvalue weighted by molar-refractivity contribution is 0.170. The van der Waals surface area contributed by atoms with E-state index < -0.39 is 0 Å². The number of benzene rings is 1. The number of aromatic nitrogens is 1. The molecule has 1 fully saturated rings. The van der Waals surface area contributed by atoms with E-state index in [0.29, 0.717) is 12.5 Å². The number of hydrogen-bond donors (Lipinski definition) is 1. The van der Waals surface area contributed by atoms with E-state index in [0.717, 1.165) is 42.0 Å². The molecule has 4 nitrogen and oxygen atoms in total. The minimum atomic E-state index is 0.0116. The fraction of sp³-hybridized carbons (Fsp3) is 0.438. The molecular weight excluding hydrogens is 252 g/mol. The third-order valence-corrected chi connectivity index (χ3v) is 3.82.